The van der Waals surface area contributed by atoms with Crippen molar-refractivity contribution in [1.29, 1.82) is 0 Å². The molecule has 0 bridgehead atoms. The van der Waals surface area contributed by atoms with Gasteiger partial charge in [-0.15, -0.1) is 0 Å². The van der Waals surface area contributed by atoms with Gasteiger partial charge in [-0.2, -0.15) is 0 Å². The SMILES string of the molecule is Cn1ccc2c(C=O)c(F)ccc21. The van der Waals surface area contributed by atoms with E-state index >= 15 is 0 Å². The maximum atomic E-state index is 13.1. The van der Waals surface area contributed by atoms with Crippen molar-refractivity contribution < 1.29 is 9.18 Å². The predicted molar refractivity (Wildman–Crippen MR) is 48.3 cm³/mol. The van der Waals surface area contributed by atoms with E-state index in [2.05, 4.69) is 0 Å². The van der Waals surface area contributed by atoms with Crippen LogP contribution in [0, 0.1) is 5.82 Å². The molecule has 0 spiro atoms. The van der Waals surface area contributed by atoms with Gasteiger partial charge in [-0.25, -0.2) is 4.39 Å². The minimum atomic E-state index is -0.464. The molecule has 0 saturated heterocycles. The number of aromatic nitrogens is 1. The molecule has 0 saturated carbocycles. The molecule has 1 aromatic carbocycles. The average molecular weight is 177 g/mol. The van der Waals surface area contributed by atoms with Crippen LogP contribution in [0.5, 0.6) is 0 Å². The topological polar surface area (TPSA) is 22.0 Å². The monoisotopic (exact) mass is 177 g/mol. The van der Waals surface area contributed by atoms with E-state index < -0.39 is 5.82 Å². The van der Waals surface area contributed by atoms with Gasteiger partial charge >= 0.3 is 0 Å². The third-order valence-electron chi connectivity index (χ3n) is 2.17. The predicted octanol–water partition coefficient (Wildman–Crippen LogP) is 2.13. The standard InChI is InChI=1S/C10H8FNO/c1-12-5-4-7-8(6-13)9(11)2-3-10(7)12/h2-6H,1H3. The van der Waals surface area contributed by atoms with Crippen molar-refractivity contribution >= 4 is 17.2 Å². The number of halogens is 1. The van der Waals surface area contributed by atoms with Gasteiger partial charge in [0, 0.05) is 24.1 Å². The smallest absolute Gasteiger partial charge is 0.153 e. The van der Waals surface area contributed by atoms with E-state index in [1.165, 1.54) is 6.07 Å². The van der Waals surface area contributed by atoms with Crippen LogP contribution in [0.15, 0.2) is 24.4 Å². The molecule has 1 heterocycles. The number of fused-ring (bicyclic) bond motifs is 1. The van der Waals surface area contributed by atoms with Crippen LogP contribution < -0.4 is 0 Å². The highest BCUT2D eigenvalue weighted by Crippen LogP contribution is 2.20. The van der Waals surface area contributed by atoms with E-state index in [1.54, 1.807) is 18.3 Å². The third-order valence-corrected chi connectivity index (χ3v) is 2.17. The Labute approximate surface area is 74.6 Å². The van der Waals surface area contributed by atoms with Crippen LogP contribution >= 0.6 is 0 Å². The molecule has 2 nitrogen and oxygen atoms in total. The molecule has 2 aromatic rings. The minimum Gasteiger partial charge on any atom is -0.351 e. The third kappa shape index (κ3) is 1.04. The fraction of sp³-hybridized carbons (Fsp3) is 0.100. The fourth-order valence-electron chi connectivity index (χ4n) is 1.47. The summed E-state index contributed by atoms with van der Waals surface area (Å²) in [6.45, 7) is 0. The maximum Gasteiger partial charge on any atom is 0.153 e. The molecule has 2 rings (SSSR count). The minimum absolute atomic E-state index is 0.137. The number of carbonyl (C=O) groups is 1. The first-order valence-electron chi connectivity index (χ1n) is 3.93. The van der Waals surface area contributed by atoms with Crippen LogP contribution in [0.4, 0.5) is 4.39 Å². The zero-order valence-electron chi connectivity index (χ0n) is 7.12. The first kappa shape index (κ1) is 7.98. The number of hydrogen-bond donors (Lipinski definition) is 0. The molecule has 0 unspecified atom stereocenters. The fourth-order valence-corrected chi connectivity index (χ4v) is 1.47. The van der Waals surface area contributed by atoms with Crippen LogP contribution in [-0.2, 0) is 7.05 Å². The molecule has 0 amide bonds. The molecular formula is C10H8FNO. The van der Waals surface area contributed by atoms with Gasteiger partial charge in [-0.1, -0.05) is 0 Å². The number of aryl methyl sites for hydroxylation is 1. The van der Waals surface area contributed by atoms with Crippen molar-refractivity contribution in [2.75, 3.05) is 0 Å². The molecule has 0 radical (unpaired) electrons. The van der Waals surface area contributed by atoms with Crippen molar-refractivity contribution in [3.8, 4) is 0 Å². The second-order valence-corrected chi connectivity index (χ2v) is 2.94. The Balaban J connectivity index is 2.92. The Morgan fingerprint density at radius 1 is 1.38 bits per heavy atom. The summed E-state index contributed by atoms with van der Waals surface area (Å²) in [5.74, 6) is -0.464. The molecule has 66 valence electrons. The van der Waals surface area contributed by atoms with Gasteiger partial charge in [0.2, 0.25) is 0 Å². The summed E-state index contributed by atoms with van der Waals surface area (Å²) in [6.07, 6.45) is 2.36. The van der Waals surface area contributed by atoms with Gasteiger partial charge in [0.15, 0.2) is 6.29 Å². The van der Waals surface area contributed by atoms with Crippen molar-refractivity contribution in [2.24, 2.45) is 7.05 Å². The lowest BCUT2D eigenvalue weighted by Gasteiger charge is -1.98. The van der Waals surface area contributed by atoms with Gasteiger partial charge in [0.1, 0.15) is 5.82 Å². The number of aldehydes is 1. The van der Waals surface area contributed by atoms with Crippen LogP contribution in [0.2, 0.25) is 0 Å². The number of hydrogen-bond acceptors (Lipinski definition) is 1. The summed E-state index contributed by atoms with van der Waals surface area (Å²) < 4.78 is 14.9. The van der Waals surface area contributed by atoms with E-state index in [9.17, 15) is 9.18 Å². The highest BCUT2D eigenvalue weighted by Gasteiger charge is 2.07. The zero-order chi connectivity index (χ0) is 9.42. The molecule has 0 N–H and O–H groups in total. The van der Waals surface area contributed by atoms with E-state index in [4.69, 9.17) is 0 Å². The van der Waals surface area contributed by atoms with E-state index in [1.807, 2.05) is 11.6 Å². The Kier molecular flexibility index (Phi) is 1.65. The number of nitrogens with zero attached hydrogens (tertiary/aromatic N) is 1. The van der Waals surface area contributed by atoms with Gasteiger partial charge in [-0.05, 0) is 18.2 Å². The molecule has 13 heavy (non-hydrogen) atoms. The second-order valence-electron chi connectivity index (χ2n) is 2.94. The van der Waals surface area contributed by atoms with Gasteiger partial charge in [0.25, 0.3) is 0 Å². The van der Waals surface area contributed by atoms with Crippen molar-refractivity contribution in [2.45, 2.75) is 0 Å². The normalized spacial score (nSPS) is 10.6. The Hall–Kier alpha value is -1.64. The average Bonchev–Trinajstić information content (AvgIpc) is 2.48. The van der Waals surface area contributed by atoms with Crippen LogP contribution in [-0.4, -0.2) is 10.9 Å². The van der Waals surface area contributed by atoms with Gasteiger partial charge in [0.05, 0.1) is 5.56 Å². The van der Waals surface area contributed by atoms with Crippen LogP contribution in [0.1, 0.15) is 10.4 Å². The van der Waals surface area contributed by atoms with Gasteiger partial charge in [-0.3, -0.25) is 4.79 Å². The molecule has 0 aliphatic carbocycles. The largest absolute Gasteiger partial charge is 0.351 e. The summed E-state index contributed by atoms with van der Waals surface area (Å²) in [6, 6.07) is 4.71. The molecule has 0 fully saturated rings. The molecule has 3 heteroatoms. The van der Waals surface area contributed by atoms with Crippen LogP contribution in [0.3, 0.4) is 0 Å². The highest BCUT2D eigenvalue weighted by molar-refractivity contribution is 5.97. The van der Waals surface area contributed by atoms with Crippen molar-refractivity contribution in [1.82, 2.24) is 4.57 Å². The molecule has 1 aromatic heterocycles. The van der Waals surface area contributed by atoms with E-state index in [0.717, 1.165) is 5.52 Å². The maximum absolute atomic E-state index is 13.1. The Morgan fingerprint density at radius 2 is 2.15 bits per heavy atom. The second kappa shape index (κ2) is 2.69. The summed E-state index contributed by atoms with van der Waals surface area (Å²) in [4.78, 5) is 10.6. The first-order valence-corrected chi connectivity index (χ1v) is 3.93. The van der Waals surface area contributed by atoms with E-state index in [-0.39, 0.29) is 5.56 Å². The van der Waals surface area contributed by atoms with Crippen molar-refractivity contribution in [3.05, 3.63) is 35.8 Å². The molecule has 0 atom stereocenters. The van der Waals surface area contributed by atoms with Gasteiger partial charge < -0.3 is 4.57 Å². The quantitative estimate of drug-likeness (QED) is 0.611. The van der Waals surface area contributed by atoms with Crippen molar-refractivity contribution in [3.63, 3.8) is 0 Å². The Morgan fingerprint density at radius 3 is 2.85 bits per heavy atom. The molecule has 0 aliphatic heterocycles. The first-order chi connectivity index (χ1) is 6.24. The van der Waals surface area contributed by atoms with E-state index in [0.29, 0.717) is 11.7 Å². The summed E-state index contributed by atoms with van der Waals surface area (Å²) in [5, 5.41) is 0.664. The number of benzene rings is 1. The highest BCUT2D eigenvalue weighted by atomic mass is 19.1. The summed E-state index contributed by atoms with van der Waals surface area (Å²) in [5.41, 5.74) is 1.00. The van der Waals surface area contributed by atoms with Crippen LogP contribution in [0.25, 0.3) is 10.9 Å². The lowest BCUT2D eigenvalue weighted by molar-refractivity contribution is 0.112. The lowest BCUT2D eigenvalue weighted by atomic mass is 10.1. The molecular weight excluding hydrogens is 169 g/mol. The zero-order valence-corrected chi connectivity index (χ0v) is 7.12. The summed E-state index contributed by atoms with van der Waals surface area (Å²) in [7, 11) is 1.86. The Bertz CT molecular complexity index is 473. The number of carbonyl (C=O) groups excluding carboxylic acids is 1. The number of rotatable bonds is 1. The lowest BCUT2D eigenvalue weighted by Crippen LogP contribution is -1.90. The molecule has 0 aliphatic rings. The summed E-state index contributed by atoms with van der Waals surface area (Å²) >= 11 is 0.